The van der Waals surface area contributed by atoms with E-state index in [1.807, 2.05) is 0 Å². The zero-order chi connectivity index (χ0) is 16.3. The fraction of sp³-hybridized carbons (Fsp3) is 0.267. The topological polar surface area (TPSA) is 84.2 Å². The minimum Gasteiger partial charge on any atom is -0.480 e. The van der Waals surface area contributed by atoms with E-state index in [0.29, 0.717) is 10.7 Å². The monoisotopic (exact) mass is 321 g/mol. The van der Waals surface area contributed by atoms with Crippen molar-refractivity contribution in [1.82, 2.24) is 15.1 Å². The number of benzene rings is 1. The second-order valence-electron chi connectivity index (χ2n) is 5.19. The summed E-state index contributed by atoms with van der Waals surface area (Å²) < 4.78 is 1.51. The van der Waals surface area contributed by atoms with Crippen molar-refractivity contribution in [3.63, 3.8) is 0 Å². The van der Waals surface area contributed by atoms with Gasteiger partial charge >= 0.3 is 5.97 Å². The lowest BCUT2D eigenvalue weighted by Gasteiger charge is -2.17. The molecule has 2 rings (SSSR count). The summed E-state index contributed by atoms with van der Waals surface area (Å²) >= 11 is 5.92. The molecule has 0 radical (unpaired) electrons. The van der Waals surface area contributed by atoms with Crippen LogP contribution < -0.4 is 5.32 Å². The van der Waals surface area contributed by atoms with Crippen LogP contribution in [-0.4, -0.2) is 32.8 Å². The molecule has 2 N–H and O–H groups in total. The summed E-state index contributed by atoms with van der Waals surface area (Å²) in [6, 6.07) is 6.08. The first-order valence-corrected chi connectivity index (χ1v) is 7.10. The van der Waals surface area contributed by atoms with Gasteiger partial charge in [-0.05, 0) is 24.1 Å². The predicted molar refractivity (Wildman–Crippen MR) is 82.3 cm³/mol. The maximum Gasteiger partial charge on any atom is 0.326 e. The molecule has 0 aliphatic heterocycles. The SMILES string of the molecule is CC(C)[C@H](NC(=O)c1cnn(-c2cccc(Cl)c2)c1)C(=O)O. The van der Waals surface area contributed by atoms with Gasteiger partial charge in [-0.2, -0.15) is 5.10 Å². The molecule has 0 saturated heterocycles. The van der Waals surface area contributed by atoms with E-state index in [4.69, 9.17) is 16.7 Å². The summed E-state index contributed by atoms with van der Waals surface area (Å²) in [7, 11) is 0. The van der Waals surface area contributed by atoms with Gasteiger partial charge in [-0.15, -0.1) is 0 Å². The summed E-state index contributed by atoms with van der Waals surface area (Å²) in [4.78, 5) is 23.2. The highest BCUT2D eigenvalue weighted by Crippen LogP contribution is 2.15. The van der Waals surface area contributed by atoms with E-state index >= 15 is 0 Å². The van der Waals surface area contributed by atoms with Crippen LogP contribution in [0.3, 0.4) is 0 Å². The third-order valence-corrected chi connectivity index (χ3v) is 3.37. The third-order valence-electron chi connectivity index (χ3n) is 3.14. The molecule has 1 atom stereocenters. The zero-order valence-corrected chi connectivity index (χ0v) is 12.9. The number of nitrogens with one attached hydrogen (secondary N) is 1. The Morgan fingerprint density at radius 2 is 2.09 bits per heavy atom. The van der Waals surface area contributed by atoms with Crippen LogP contribution in [0.2, 0.25) is 5.02 Å². The molecule has 2 aromatic rings. The van der Waals surface area contributed by atoms with E-state index in [1.165, 1.54) is 17.1 Å². The van der Waals surface area contributed by atoms with Gasteiger partial charge in [0.2, 0.25) is 0 Å². The lowest BCUT2D eigenvalue weighted by Crippen LogP contribution is -2.44. The molecular formula is C15H16ClN3O3. The predicted octanol–water partition coefficient (Wildman–Crippen LogP) is 2.36. The number of halogens is 1. The van der Waals surface area contributed by atoms with E-state index < -0.39 is 17.9 Å². The number of hydrogen-bond donors (Lipinski definition) is 2. The average molecular weight is 322 g/mol. The number of carbonyl (C=O) groups is 2. The Morgan fingerprint density at radius 3 is 2.68 bits per heavy atom. The molecular weight excluding hydrogens is 306 g/mol. The van der Waals surface area contributed by atoms with Crippen molar-refractivity contribution in [1.29, 1.82) is 0 Å². The molecule has 0 spiro atoms. The number of carbonyl (C=O) groups excluding carboxylic acids is 1. The van der Waals surface area contributed by atoms with Gasteiger partial charge in [0.15, 0.2) is 0 Å². The molecule has 6 nitrogen and oxygen atoms in total. The van der Waals surface area contributed by atoms with Crippen LogP contribution >= 0.6 is 11.6 Å². The van der Waals surface area contributed by atoms with E-state index in [0.717, 1.165) is 0 Å². The van der Waals surface area contributed by atoms with Crippen LogP contribution in [-0.2, 0) is 4.79 Å². The fourth-order valence-corrected chi connectivity index (χ4v) is 2.12. The Hall–Kier alpha value is -2.34. The average Bonchev–Trinajstić information content (AvgIpc) is 2.93. The zero-order valence-electron chi connectivity index (χ0n) is 12.2. The maximum absolute atomic E-state index is 12.1. The van der Waals surface area contributed by atoms with Gasteiger partial charge in [0.25, 0.3) is 5.91 Å². The molecule has 1 heterocycles. The highest BCUT2D eigenvalue weighted by Gasteiger charge is 2.24. The highest BCUT2D eigenvalue weighted by molar-refractivity contribution is 6.30. The van der Waals surface area contributed by atoms with Gasteiger partial charge in [0.1, 0.15) is 6.04 Å². The van der Waals surface area contributed by atoms with Gasteiger partial charge < -0.3 is 10.4 Å². The van der Waals surface area contributed by atoms with Gasteiger partial charge in [0, 0.05) is 11.2 Å². The molecule has 1 aromatic carbocycles. The Labute approximate surface area is 132 Å². The Kier molecular flexibility index (Phi) is 4.82. The van der Waals surface area contributed by atoms with Crippen LogP contribution in [0.15, 0.2) is 36.7 Å². The first kappa shape index (κ1) is 16.0. The van der Waals surface area contributed by atoms with Crippen LogP contribution in [0.5, 0.6) is 0 Å². The standard InChI is InChI=1S/C15H16ClN3O3/c1-9(2)13(15(21)22)18-14(20)10-7-17-19(8-10)12-5-3-4-11(16)6-12/h3-9,13H,1-2H3,(H,18,20)(H,21,22)/t13-/m0/s1. The van der Waals surface area contributed by atoms with E-state index in [1.54, 1.807) is 38.1 Å². The molecule has 0 bridgehead atoms. The lowest BCUT2D eigenvalue weighted by molar-refractivity contribution is -0.140. The molecule has 1 aromatic heterocycles. The fourth-order valence-electron chi connectivity index (χ4n) is 1.94. The van der Waals surface area contributed by atoms with Crippen molar-refractivity contribution in [2.24, 2.45) is 5.92 Å². The molecule has 0 unspecified atom stereocenters. The number of aromatic nitrogens is 2. The number of carboxylic acids is 1. The maximum atomic E-state index is 12.1. The molecule has 0 saturated carbocycles. The number of amides is 1. The summed E-state index contributed by atoms with van der Waals surface area (Å²) in [5, 5.41) is 16.2. The number of rotatable bonds is 5. The second-order valence-corrected chi connectivity index (χ2v) is 5.62. The number of nitrogens with zero attached hydrogens (tertiary/aromatic N) is 2. The highest BCUT2D eigenvalue weighted by atomic mass is 35.5. The number of hydrogen-bond acceptors (Lipinski definition) is 3. The summed E-state index contributed by atoms with van der Waals surface area (Å²) in [5.74, 6) is -1.76. The molecule has 0 aliphatic rings. The Bertz CT molecular complexity index is 697. The molecule has 0 fully saturated rings. The number of carboxylic acid groups (broad SMARTS) is 1. The normalized spacial score (nSPS) is 12.2. The summed E-state index contributed by atoms with van der Waals surface area (Å²) in [6.07, 6.45) is 2.91. The Morgan fingerprint density at radius 1 is 1.36 bits per heavy atom. The molecule has 1 amide bonds. The van der Waals surface area contributed by atoms with Crippen LogP contribution in [0.25, 0.3) is 5.69 Å². The quantitative estimate of drug-likeness (QED) is 0.885. The number of aliphatic carboxylic acids is 1. The van der Waals surface area contributed by atoms with Gasteiger partial charge in [-0.3, -0.25) is 4.79 Å². The largest absolute Gasteiger partial charge is 0.480 e. The van der Waals surface area contributed by atoms with Crippen molar-refractivity contribution in [3.8, 4) is 5.69 Å². The van der Waals surface area contributed by atoms with Crippen LogP contribution in [0.4, 0.5) is 0 Å². The van der Waals surface area contributed by atoms with Crippen LogP contribution in [0.1, 0.15) is 24.2 Å². The van der Waals surface area contributed by atoms with Gasteiger partial charge in [0.05, 0.1) is 17.4 Å². The third kappa shape index (κ3) is 3.65. The molecule has 22 heavy (non-hydrogen) atoms. The van der Waals surface area contributed by atoms with E-state index in [2.05, 4.69) is 10.4 Å². The van der Waals surface area contributed by atoms with Crippen molar-refractivity contribution in [2.75, 3.05) is 0 Å². The molecule has 116 valence electrons. The van der Waals surface area contributed by atoms with Crippen molar-refractivity contribution in [3.05, 3.63) is 47.2 Å². The van der Waals surface area contributed by atoms with E-state index in [-0.39, 0.29) is 11.5 Å². The molecule has 7 heteroatoms. The van der Waals surface area contributed by atoms with E-state index in [9.17, 15) is 9.59 Å². The first-order chi connectivity index (χ1) is 10.4. The van der Waals surface area contributed by atoms with Crippen molar-refractivity contribution < 1.29 is 14.7 Å². The van der Waals surface area contributed by atoms with Gasteiger partial charge in [-0.25, -0.2) is 9.48 Å². The minimum absolute atomic E-state index is 0.218. The second kappa shape index (κ2) is 6.62. The summed E-state index contributed by atoms with van der Waals surface area (Å²) in [6.45, 7) is 3.46. The minimum atomic E-state index is -1.06. The Balaban J connectivity index is 2.17. The summed E-state index contributed by atoms with van der Waals surface area (Å²) in [5.41, 5.74) is 0.997. The van der Waals surface area contributed by atoms with Crippen molar-refractivity contribution in [2.45, 2.75) is 19.9 Å². The van der Waals surface area contributed by atoms with Gasteiger partial charge in [-0.1, -0.05) is 31.5 Å². The van der Waals surface area contributed by atoms with Crippen molar-refractivity contribution >= 4 is 23.5 Å². The molecule has 0 aliphatic carbocycles. The smallest absolute Gasteiger partial charge is 0.326 e. The lowest BCUT2D eigenvalue weighted by atomic mass is 10.0. The van der Waals surface area contributed by atoms with Crippen LogP contribution in [0, 0.1) is 5.92 Å². The first-order valence-electron chi connectivity index (χ1n) is 6.72.